The van der Waals surface area contributed by atoms with E-state index >= 15 is 0 Å². The van der Waals surface area contributed by atoms with E-state index in [0.29, 0.717) is 10.2 Å². The zero-order valence-corrected chi connectivity index (χ0v) is 11.1. The van der Waals surface area contributed by atoms with Gasteiger partial charge in [-0.15, -0.1) is 6.58 Å². The standard InChI is InChI=1S/C10H18N4S2/c1-3-8(2)11-9(15)12-13-10(16)14-6-4-5-7-14/h3,8H,1,4-7H2,2H3,(H,13,16)(H2,11,12,15)/t8-/m1/s1. The smallest absolute Gasteiger partial charge is 0.187 e. The topological polar surface area (TPSA) is 39.3 Å². The van der Waals surface area contributed by atoms with Gasteiger partial charge in [-0.25, -0.2) is 0 Å². The van der Waals surface area contributed by atoms with Gasteiger partial charge in [0.1, 0.15) is 0 Å². The molecule has 1 saturated heterocycles. The SMILES string of the molecule is C=C[C@@H](C)NC(=S)NNC(=S)N1CCCC1. The molecule has 16 heavy (non-hydrogen) atoms. The number of nitrogens with one attached hydrogen (secondary N) is 3. The zero-order chi connectivity index (χ0) is 12.0. The summed E-state index contributed by atoms with van der Waals surface area (Å²) >= 11 is 10.3. The monoisotopic (exact) mass is 258 g/mol. The summed E-state index contributed by atoms with van der Waals surface area (Å²) in [6.07, 6.45) is 4.20. The van der Waals surface area contributed by atoms with E-state index in [4.69, 9.17) is 24.4 Å². The summed E-state index contributed by atoms with van der Waals surface area (Å²) in [5, 5.41) is 4.26. The van der Waals surface area contributed by atoms with Crippen LogP contribution in [0.25, 0.3) is 0 Å². The Balaban J connectivity index is 2.20. The Hall–Kier alpha value is -0.880. The van der Waals surface area contributed by atoms with Gasteiger partial charge in [0.05, 0.1) is 0 Å². The van der Waals surface area contributed by atoms with E-state index in [1.54, 1.807) is 6.08 Å². The minimum Gasteiger partial charge on any atom is -0.355 e. The lowest BCUT2D eigenvalue weighted by molar-refractivity contribution is 0.502. The van der Waals surface area contributed by atoms with Crippen molar-refractivity contribution in [3.8, 4) is 0 Å². The summed E-state index contributed by atoms with van der Waals surface area (Å²) in [4.78, 5) is 2.13. The predicted molar refractivity (Wildman–Crippen MR) is 75.1 cm³/mol. The van der Waals surface area contributed by atoms with Crippen molar-refractivity contribution in [3.63, 3.8) is 0 Å². The molecule has 4 nitrogen and oxygen atoms in total. The zero-order valence-electron chi connectivity index (χ0n) is 9.45. The maximum absolute atomic E-state index is 5.22. The second-order valence-corrected chi connectivity index (χ2v) is 4.54. The van der Waals surface area contributed by atoms with Crippen LogP contribution in [0.3, 0.4) is 0 Å². The molecule has 1 rings (SSSR count). The Morgan fingerprint density at radius 2 is 1.94 bits per heavy atom. The Morgan fingerprint density at radius 1 is 1.31 bits per heavy atom. The van der Waals surface area contributed by atoms with E-state index < -0.39 is 0 Å². The fraction of sp³-hybridized carbons (Fsp3) is 0.600. The molecule has 0 spiro atoms. The van der Waals surface area contributed by atoms with Crippen LogP contribution in [0.5, 0.6) is 0 Å². The third-order valence-electron chi connectivity index (χ3n) is 2.39. The van der Waals surface area contributed by atoms with Crippen LogP contribution >= 0.6 is 24.4 Å². The Kier molecular flexibility index (Phi) is 5.48. The normalized spacial score (nSPS) is 16.4. The van der Waals surface area contributed by atoms with Crippen molar-refractivity contribution < 1.29 is 0 Å². The van der Waals surface area contributed by atoms with Gasteiger partial charge in [0, 0.05) is 19.1 Å². The molecule has 0 amide bonds. The highest BCUT2D eigenvalue weighted by Crippen LogP contribution is 2.06. The molecule has 6 heteroatoms. The van der Waals surface area contributed by atoms with E-state index in [1.807, 2.05) is 6.92 Å². The minimum absolute atomic E-state index is 0.141. The van der Waals surface area contributed by atoms with Gasteiger partial charge >= 0.3 is 0 Å². The summed E-state index contributed by atoms with van der Waals surface area (Å²) in [5.41, 5.74) is 5.79. The molecule has 3 N–H and O–H groups in total. The largest absolute Gasteiger partial charge is 0.355 e. The summed E-state index contributed by atoms with van der Waals surface area (Å²) < 4.78 is 0. The van der Waals surface area contributed by atoms with Crippen LogP contribution in [0.15, 0.2) is 12.7 Å². The Bertz CT molecular complexity index is 274. The first-order valence-electron chi connectivity index (χ1n) is 5.37. The molecule has 1 aliphatic heterocycles. The quantitative estimate of drug-likeness (QED) is 0.388. The number of thiocarbonyl (C=S) groups is 2. The number of hydrogen-bond donors (Lipinski definition) is 3. The number of likely N-dealkylation sites (tertiary alicyclic amines) is 1. The number of hydrogen-bond acceptors (Lipinski definition) is 2. The summed E-state index contributed by atoms with van der Waals surface area (Å²) in [7, 11) is 0. The highest BCUT2D eigenvalue weighted by Gasteiger charge is 2.14. The molecule has 0 aromatic heterocycles. The van der Waals surface area contributed by atoms with Gasteiger partial charge in [0.2, 0.25) is 0 Å². The van der Waals surface area contributed by atoms with Gasteiger partial charge < -0.3 is 10.2 Å². The molecule has 0 unspecified atom stereocenters. The second kappa shape index (κ2) is 6.65. The lowest BCUT2D eigenvalue weighted by Gasteiger charge is -2.21. The van der Waals surface area contributed by atoms with Gasteiger partial charge in [0.25, 0.3) is 0 Å². The molecule has 1 aliphatic rings. The van der Waals surface area contributed by atoms with Crippen molar-refractivity contribution in [3.05, 3.63) is 12.7 Å². The summed E-state index contributed by atoms with van der Waals surface area (Å²) in [6.45, 7) is 7.69. The highest BCUT2D eigenvalue weighted by atomic mass is 32.1. The molecular formula is C10H18N4S2. The maximum Gasteiger partial charge on any atom is 0.187 e. The first kappa shape index (κ1) is 13.2. The lowest BCUT2D eigenvalue weighted by atomic mass is 10.3. The predicted octanol–water partition coefficient (Wildman–Crippen LogP) is 0.910. The van der Waals surface area contributed by atoms with Crippen LogP contribution in [0.2, 0.25) is 0 Å². The number of nitrogens with zero attached hydrogens (tertiary/aromatic N) is 1. The van der Waals surface area contributed by atoms with Gasteiger partial charge in [-0.05, 0) is 44.2 Å². The van der Waals surface area contributed by atoms with E-state index in [9.17, 15) is 0 Å². The van der Waals surface area contributed by atoms with E-state index in [2.05, 4.69) is 27.6 Å². The molecule has 1 heterocycles. The highest BCUT2D eigenvalue weighted by molar-refractivity contribution is 7.80. The van der Waals surface area contributed by atoms with Crippen LogP contribution in [-0.2, 0) is 0 Å². The van der Waals surface area contributed by atoms with Crippen molar-refractivity contribution >= 4 is 34.7 Å². The molecule has 0 aliphatic carbocycles. The first-order chi connectivity index (χ1) is 7.63. The second-order valence-electron chi connectivity index (χ2n) is 3.75. The van der Waals surface area contributed by atoms with Crippen LogP contribution in [-0.4, -0.2) is 34.3 Å². The molecule has 0 aromatic rings. The Morgan fingerprint density at radius 3 is 2.50 bits per heavy atom. The minimum atomic E-state index is 0.141. The fourth-order valence-corrected chi connectivity index (χ4v) is 1.88. The van der Waals surface area contributed by atoms with Crippen molar-refractivity contribution in [2.45, 2.75) is 25.8 Å². The van der Waals surface area contributed by atoms with E-state index in [-0.39, 0.29) is 6.04 Å². The van der Waals surface area contributed by atoms with Crippen LogP contribution in [0.1, 0.15) is 19.8 Å². The lowest BCUT2D eigenvalue weighted by Crippen LogP contribution is -2.52. The molecule has 0 radical (unpaired) electrons. The average molecular weight is 258 g/mol. The first-order valence-corrected chi connectivity index (χ1v) is 6.19. The van der Waals surface area contributed by atoms with Crippen molar-refractivity contribution in [2.24, 2.45) is 0 Å². The van der Waals surface area contributed by atoms with E-state index in [0.717, 1.165) is 13.1 Å². The number of hydrazine groups is 1. The summed E-state index contributed by atoms with van der Waals surface area (Å²) in [6, 6.07) is 0.141. The van der Waals surface area contributed by atoms with Crippen LogP contribution < -0.4 is 16.2 Å². The van der Waals surface area contributed by atoms with Crippen LogP contribution in [0, 0.1) is 0 Å². The molecule has 0 aromatic carbocycles. The van der Waals surface area contributed by atoms with Crippen LogP contribution in [0.4, 0.5) is 0 Å². The van der Waals surface area contributed by atoms with Crippen molar-refractivity contribution in [1.82, 2.24) is 21.1 Å². The molecular weight excluding hydrogens is 240 g/mol. The number of rotatable bonds is 2. The van der Waals surface area contributed by atoms with E-state index in [1.165, 1.54) is 12.8 Å². The average Bonchev–Trinajstić information content (AvgIpc) is 2.79. The van der Waals surface area contributed by atoms with Crippen molar-refractivity contribution in [2.75, 3.05) is 13.1 Å². The summed E-state index contributed by atoms with van der Waals surface area (Å²) in [5.74, 6) is 0. The van der Waals surface area contributed by atoms with Gasteiger partial charge in [0.15, 0.2) is 10.2 Å². The molecule has 1 fully saturated rings. The fourth-order valence-electron chi connectivity index (χ4n) is 1.41. The maximum atomic E-state index is 5.22. The Labute approximate surface area is 107 Å². The van der Waals surface area contributed by atoms with Gasteiger partial charge in [-0.3, -0.25) is 10.9 Å². The van der Waals surface area contributed by atoms with Crippen molar-refractivity contribution in [1.29, 1.82) is 0 Å². The third-order valence-corrected chi connectivity index (χ3v) is 2.97. The molecule has 0 saturated carbocycles. The molecule has 0 bridgehead atoms. The van der Waals surface area contributed by atoms with Gasteiger partial charge in [-0.1, -0.05) is 6.08 Å². The third kappa shape index (κ3) is 4.32. The van der Waals surface area contributed by atoms with Gasteiger partial charge in [-0.2, -0.15) is 0 Å². The molecule has 90 valence electrons. The molecule has 1 atom stereocenters.